The summed E-state index contributed by atoms with van der Waals surface area (Å²) in [6.45, 7) is 1.66. The van der Waals surface area contributed by atoms with Crippen molar-refractivity contribution in [2.24, 2.45) is 0 Å². The summed E-state index contributed by atoms with van der Waals surface area (Å²) in [6, 6.07) is 6.09. The minimum atomic E-state index is -0.165. The molecule has 0 saturated heterocycles. The van der Waals surface area contributed by atoms with Crippen LogP contribution < -0.4 is 9.64 Å². The van der Waals surface area contributed by atoms with Crippen molar-refractivity contribution in [3.63, 3.8) is 0 Å². The van der Waals surface area contributed by atoms with E-state index in [1.165, 1.54) is 18.4 Å². The molecule has 92 valence electrons. The van der Waals surface area contributed by atoms with Crippen molar-refractivity contribution in [3.8, 4) is 5.75 Å². The molecule has 1 aliphatic rings. The summed E-state index contributed by atoms with van der Waals surface area (Å²) >= 11 is 0. The first-order chi connectivity index (χ1) is 8.24. The van der Waals surface area contributed by atoms with E-state index in [9.17, 15) is 4.79 Å². The number of carbonyl (C=O) groups excluding carboxylic acids is 1. The topological polar surface area (TPSA) is 38.8 Å². The zero-order chi connectivity index (χ0) is 12.3. The average Bonchev–Trinajstić information content (AvgIpc) is 2.78. The van der Waals surface area contributed by atoms with Gasteiger partial charge in [0.25, 0.3) is 0 Å². The molecule has 1 heterocycles. The molecule has 0 unspecified atom stereocenters. The van der Waals surface area contributed by atoms with Gasteiger partial charge in [0.15, 0.2) is 0 Å². The Kier molecular flexibility index (Phi) is 3.52. The first-order valence-electron chi connectivity index (χ1n) is 5.73. The molecule has 4 heteroatoms. The second-order valence-electron chi connectivity index (χ2n) is 4.06. The lowest BCUT2D eigenvalue weighted by Crippen LogP contribution is -2.24. The highest BCUT2D eigenvalue weighted by molar-refractivity contribution is 5.70. The van der Waals surface area contributed by atoms with Crippen molar-refractivity contribution in [1.29, 1.82) is 0 Å². The molecule has 0 bridgehead atoms. The van der Waals surface area contributed by atoms with E-state index in [1.54, 1.807) is 7.11 Å². The highest BCUT2D eigenvalue weighted by Gasteiger charge is 2.20. The van der Waals surface area contributed by atoms with Crippen LogP contribution in [-0.2, 0) is 16.0 Å². The molecule has 17 heavy (non-hydrogen) atoms. The fourth-order valence-electron chi connectivity index (χ4n) is 2.11. The molecule has 0 N–H and O–H groups in total. The van der Waals surface area contributed by atoms with Gasteiger partial charge in [-0.3, -0.25) is 4.79 Å². The van der Waals surface area contributed by atoms with Crippen LogP contribution in [0.5, 0.6) is 5.75 Å². The molecule has 0 aliphatic carbocycles. The second kappa shape index (κ2) is 5.08. The molecule has 0 radical (unpaired) electrons. The molecule has 0 spiro atoms. The molecule has 1 aromatic rings. The number of methoxy groups -OCH3 is 2. The van der Waals surface area contributed by atoms with Gasteiger partial charge in [-0.15, -0.1) is 0 Å². The number of nitrogens with zero attached hydrogens (tertiary/aromatic N) is 1. The fraction of sp³-hybridized carbons (Fsp3) is 0.462. The highest BCUT2D eigenvalue weighted by atomic mass is 16.5. The maximum atomic E-state index is 11.1. The van der Waals surface area contributed by atoms with E-state index in [1.807, 2.05) is 12.1 Å². The van der Waals surface area contributed by atoms with Gasteiger partial charge in [-0.2, -0.15) is 0 Å². The first-order valence-corrected chi connectivity index (χ1v) is 5.73. The number of carbonyl (C=O) groups is 1. The van der Waals surface area contributed by atoms with Crippen LogP contribution in [0.25, 0.3) is 0 Å². The predicted molar refractivity (Wildman–Crippen MR) is 65.5 cm³/mol. The lowest BCUT2D eigenvalue weighted by molar-refractivity contribution is -0.140. The third-order valence-electron chi connectivity index (χ3n) is 3.10. The zero-order valence-corrected chi connectivity index (χ0v) is 10.2. The van der Waals surface area contributed by atoms with E-state index in [-0.39, 0.29) is 5.97 Å². The van der Waals surface area contributed by atoms with Crippen LogP contribution in [0.4, 0.5) is 5.69 Å². The summed E-state index contributed by atoms with van der Waals surface area (Å²) in [5.41, 5.74) is 2.49. The van der Waals surface area contributed by atoms with Crippen molar-refractivity contribution in [3.05, 3.63) is 23.8 Å². The van der Waals surface area contributed by atoms with Crippen molar-refractivity contribution >= 4 is 11.7 Å². The van der Waals surface area contributed by atoms with E-state index in [0.29, 0.717) is 13.0 Å². The minimum Gasteiger partial charge on any atom is -0.497 e. The largest absolute Gasteiger partial charge is 0.497 e. The Bertz CT molecular complexity index is 417. The van der Waals surface area contributed by atoms with Gasteiger partial charge < -0.3 is 14.4 Å². The number of benzene rings is 1. The Morgan fingerprint density at radius 1 is 1.41 bits per heavy atom. The monoisotopic (exact) mass is 235 g/mol. The van der Waals surface area contributed by atoms with Gasteiger partial charge in [-0.05, 0) is 18.1 Å². The first kappa shape index (κ1) is 11.8. The molecule has 1 aliphatic heterocycles. The van der Waals surface area contributed by atoms with Gasteiger partial charge in [-0.25, -0.2) is 0 Å². The fourth-order valence-corrected chi connectivity index (χ4v) is 2.11. The van der Waals surface area contributed by atoms with Crippen LogP contribution in [-0.4, -0.2) is 33.3 Å². The summed E-state index contributed by atoms with van der Waals surface area (Å²) in [5, 5.41) is 0. The number of fused-ring (bicyclic) bond motifs is 1. The molecule has 0 aromatic heterocycles. The number of esters is 1. The quantitative estimate of drug-likeness (QED) is 0.743. The standard InChI is InChI=1S/C13H17NO3/c1-16-11-4-3-10-5-7-14(12(10)9-11)8-6-13(15)17-2/h3-4,9H,5-8H2,1-2H3. The smallest absolute Gasteiger partial charge is 0.307 e. The summed E-state index contributed by atoms with van der Waals surface area (Å²) in [7, 11) is 3.08. The maximum absolute atomic E-state index is 11.1. The molecule has 0 amide bonds. The Morgan fingerprint density at radius 2 is 2.24 bits per heavy atom. The number of rotatable bonds is 4. The van der Waals surface area contributed by atoms with Crippen LogP contribution in [0.2, 0.25) is 0 Å². The van der Waals surface area contributed by atoms with Gasteiger partial charge in [0.05, 0.1) is 20.6 Å². The molecule has 1 aromatic carbocycles. The molecule has 0 fully saturated rings. The van der Waals surface area contributed by atoms with Gasteiger partial charge in [0.2, 0.25) is 0 Å². The highest BCUT2D eigenvalue weighted by Crippen LogP contribution is 2.31. The van der Waals surface area contributed by atoms with Crippen LogP contribution in [0.3, 0.4) is 0 Å². The Morgan fingerprint density at radius 3 is 2.94 bits per heavy atom. The lowest BCUT2D eigenvalue weighted by Gasteiger charge is -2.19. The summed E-state index contributed by atoms with van der Waals surface area (Å²) < 4.78 is 9.87. The summed E-state index contributed by atoms with van der Waals surface area (Å²) in [6.07, 6.45) is 1.45. The number of hydrogen-bond donors (Lipinski definition) is 0. The number of hydrogen-bond acceptors (Lipinski definition) is 4. The zero-order valence-electron chi connectivity index (χ0n) is 10.2. The predicted octanol–water partition coefficient (Wildman–Crippen LogP) is 1.62. The third kappa shape index (κ3) is 2.52. The van der Waals surface area contributed by atoms with E-state index >= 15 is 0 Å². The van der Waals surface area contributed by atoms with E-state index in [0.717, 1.165) is 18.7 Å². The average molecular weight is 235 g/mol. The van der Waals surface area contributed by atoms with Gasteiger partial charge in [0, 0.05) is 24.8 Å². The number of anilines is 1. The van der Waals surface area contributed by atoms with Crippen molar-refractivity contribution < 1.29 is 14.3 Å². The lowest BCUT2D eigenvalue weighted by atomic mass is 10.1. The van der Waals surface area contributed by atoms with Crippen molar-refractivity contribution in [2.45, 2.75) is 12.8 Å². The van der Waals surface area contributed by atoms with Crippen LogP contribution in [0.1, 0.15) is 12.0 Å². The second-order valence-corrected chi connectivity index (χ2v) is 4.06. The van der Waals surface area contributed by atoms with Crippen LogP contribution in [0.15, 0.2) is 18.2 Å². The Hall–Kier alpha value is -1.71. The van der Waals surface area contributed by atoms with Crippen LogP contribution in [0, 0.1) is 0 Å². The number of ether oxygens (including phenoxy) is 2. The van der Waals surface area contributed by atoms with E-state index < -0.39 is 0 Å². The Balaban J connectivity index is 2.07. The molecule has 0 saturated carbocycles. The Labute approximate surface area is 101 Å². The molecule has 4 nitrogen and oxygen atoms in total. The third-order valence-corrected chi connectivity index (χ3v) is 3.10. The minimum absolute atomic E-state index is 0.165. The molecular formula is C13H17NO3. The van der Waals surface area contributed by atoms with Crippen LogP contribution >= 0.6 is 0 Å². The SMILES string of the molecule is COC(=O)CCN1CCc2ccc(OC)cc21. The van der Waals surface area contributed by atoms with Gasteiger partial charge in [0.1, 0.15) is 5.75 Å². The van der Waals surface area contributed by atoms with Crippen molar-refractivity contribution in [2.75, 3.05) is 32.2 Å². The van der Waals surface area contributed by atoms with Crippen molar-refractivity contribution in [1.82, 2.24) is 0 Å². The summed E-state index contributed by atoms with van der Waals surface area (Å²) in [5.74, 6) is 0.690. The summed E-state index contributed by atoms with van der Waals surface area (Å²) in [4.78, 5) is 13.3. The molecule has 0 atom stereocenters. The van der Waals surface area contributed by atoms with Gasteiger partial charge >= 0.3 is 5.97 Å². The molecular weight excluding hydrogens is 218 g/mol. The molecule has 2 rings (SSSR count). The van der Waals surface area contributed by atoms with E-state index in [2.05, 4.69) is 15.7 Å². The normalized spacial score (nSPS) is 13.4. The van der Waals surface area contributed by atoms with E-state index in [4.69, 9.17) is 4.74 Å². The maximum Gasteiger partial charge on any atom is 0.307 e. The van der Waals surface area contributed by atoms with Gasteiger partial charge in [-0.1, -0.05) is 6.07 Å².